The van der Waals surface area contributed by atoms with Crippen LogP contribution in [0.2, 0.25) is 0 Å². The molecule has 0 saturated carbocycles. The van der Waals surface area contributed by atoms with Crippen molar-refractivity contribution in [3.8, 4) is 0 Å². The summed E-state index contributed by atoms with van der Waals surface area (Å²) in [4.78, 5) is 8.76. The predicted octanol–water partition coefficient (Wildman–Crippen LogP) is 2.08. The Kier molecular flexibility index (Phi) is 2.32. The minimum atomic E-state index is 0.503. The molecule has 0 saturated heterocycles. The van der Waals surface area contributed by atoms with E-state index in [0.29, 0.717) is 33.8 Å². The number of nitrogen functional groups attached to an aromatic ring is 2. The molecule has 0 fully saturated rings. The van der Waals surface area contributed by atoms with Crippen molar-refractivity contribution >= 4 is 34.6 Å². The second-order valence-corrected chi connectivity index (χ2v) is 3.37. The van der Waals surface area contributed by atoms with E-state index in [4.69, 9.17) is 11.5 Å². The van der Waals surface area contributed by atoms with Crippen LogP contribution in [0.25, 0.3) is 23.2 Å². The number of benzene rings is 1. The van der Waals surface area contributed by atoms with Gasteiger partial charge >= 0.3 is 0 Å². The number of fused-ring (bicyclic) bond motifs is 1. The maximum atomic E-state index is 5.71. The van der Waals surface area contributed by atoms with Crippen LogP contribution in [0, 0.1) is 0 Å². The highest BCUT2D eigenvalue weighted by Gasteiger charge is 2.05. The molecule has 0 amide bonds. The summed E-state index contributed by atoms with van der Waals surface area (Å²) >= 11 is 0. The lowest BCUT2D eigenvalue weighted by Gasteiger charge is -2.05. The van der Waals surface area contributed by atoms with Crippen LogP contribution in [0.15, 0.2) is 25.3 Å². The van der Waals surface area contributed by atoms with Crippen molar-refractivity contribution in [2.24, 2.45) is 0 Å². The van der Waals surface area contributed by atoms with Gasteiger partial charge in [0, 0.05) is 0 Å². The molecule has 4 heteroatoms. The average Bonchev–Trinajstić information content (AvgIpc) is 2.29. The van der Waals surface area contributed by atoms with Crippen molar-refractivity contribution in [3.05, 3.63) is 36.7 Å². The quantitative estimate of drug-likeness (QED) is 0.747. The van der Waals surface area contributed by atoms with E-state index in [2.05, 4.69) is 23.1 Å². The summed E-state index contributed by atoms with van der Waals surface area (Å²) in [5, 5.41) is 0. The standard InChI is InChI=1S/C12H12N4/c1-3-9-10(4-2)16-12-6-8(14)7(13)5-11(12)15-9/h3-6H,1-2,13-14H2. The molecule has 2 aromatic rings. The van der Waals surface area contributed by atoms with Gasteiger partial charge in [0.2, 0.25) is 0 Å². The van der Waals surface area contributed by atoms with Gasteiger partial charge in [-0.3, -0.25) is 0 Å². The molecule has 0 aliphatic heterocycles. The highest BCUT2D eigenvalue weighted by atomic mass is 14.8. The number of hydrogen-bond donors (Lipinski definition) is 2. The molecule has 4 nitrogen and oxygen atoms in total. The van der Waals surface area contributed by atoms with E-state index in [1.54, 1.807) is 24.3 Å². The minimum Gasteiger partial charge on any atom is -0.397 e. The largest absolute Gasteiger partial charge is 0.397 e. The van der Waals surface area contributed by atoms with Gasteiger partial charge in [-0.2, -0.15) is 0 Å². The molecule has 4 N–H and O–H groups in total. The molecular formula is C12H12N4. The molecule has 0 spiro atoms. The Morgan fingerprint density at radius 2 is 1.25 bits per heavy atom. The summed E-state index contributed by atoms with van der Waals surface area (Å²) in [6, 6.07) is 3.41. The smallest absolute Gasteiger partial charge is 0.0916 e. The highest BCUT2D eigenvalue weighted by Crippen LogP contribution is 2.22. The van der Waals surface area contributed by atoms with Gasteiger partial charge < -0.3 is 11.5 Å². The molecule has 1 aromatic carbocycles. The molecule has 0 aliphatic rings. The Balaban J connectivity index is 2.83. The molecule has 1 aromatic heterocycles. The monoisotopic (exact) mass is 212 g/mol. The van der Waals surface area contributed by atoms with Gasteiger partial charge in [-0.05, 0) is 24.3 Å². The molecule has 16 heavy (non-hydrogen) atoms. The van der Waals surface area contributed by atoms with Crippen molar-refractivity contribution in [2.45, 2.75) is 0 Å². The first-order chi connectivity index (χ1) is 7.65. The fourth-order valence-corrected chi connectivity index (χ4v) is 1.46. The normalized spacial score (nSPS) is 10.2. The first kappa shape index (κ1) is 10.2. The number of anilines is 2. The van der Waals surface area contributed by atoms with Gasteiger partial charge in [0.1, 0.15) is 0 Å². The fourth-order valence-electron chi connectivity index (χ4n) is 1.46. The lowest BCUT2D eigenvalue weighted by atomic mass is 10.2. The second-order valence-electron chi connectivity index (χ2n) is 3.37. The van der Waals surface area contributed by atoms with Crippen molar-refractivity contribution in [1.82, 2.24) is 9.97 Å². The molecule has 0 aliphatic carbocycles. The Morgan fingerprint density at radius 1 is 0.875 bits per heavy atom. The van der Waals surface area contributed by atoms with Gasteiger partial charge in [-0.15, -0.1) is 0 Å². The summed E-state index contributed by atoms with van der Waals surface area (Å²) in [6.45, 7) is 7.36. The van der Waals surface area contributed by atoms with Crippen LogP contribution >= 0.6 is 0 Å². The molecule has 0 unspecified atom stereocenters. The third-order valence-corrected chi connectivity index (χ3v) is 2.31. The van der Waals surface area contributed by atoms with E-state index in [-0.39, 0.29) is 0 Å². The first-order valence-corrected chi connectivity index (χ1v) is 4.77. The van der Waals surface area contributed by atoms with E-state index in [9.17, 15) is 0 Å². The van der Waals surface area contributed by atoms with Crippen LogP contribution in [-0.2, 0) is 0 Å². The van der Waals surface area contributed by atoms with Crippen LogP contribution in [0.4, 0.5) is 11.4 Å². The Hall–Kier alpha value is -2.36. The molecule has 80 valence electrons. The topological polar surface area (TPSA) is 77.8 Å². The van der Waals surface area contributed by atoms with Crippen LogP contribution in [-0.4, -0.2) is 9.97 Å². The van der Waals surface area contributed by atoms with E-state index >= 15 is 0 Å². The van der Waals surface area contributed by atoms with E-state index in [1.165, 1.54) is 0 Å². The second kappa shape index (κ2) is 3.66. The predicted molar refractivity (Wildman–Crippen MR) is 68.5 cm³/mol. The van der Waals surface area contributed by atoms with Gasteiger partial charge in [0.05, 0.1) is 33.8 Å². The number of hydrogen-bond acceptors (Lipinski definition) is 4. The minimum absolute atomic E-state index is 0.503. The van der Waals surface area contributed by atoms with Gasteiger partial charge in [-0.25, -0.2) is 9.97 Å². The summed E-state index contributed by atoms with van der Waals surface area (Å²) in [6.07, 6.45) is 3.27. The third kappa shape index (κ3) is 1.50. The zero-order valence-corrected chi connectivity index (χ0v) is 8.77. The van der Waals surface area contributed by atoms with E-state index in [1.807, 2.05) is 0 Å². The lowest BCUT2D eigenvalue weighted by Crippen LogP contribution is -1.98. The molecule has 2 rings (SSSR count). The highest BCUT2D eigenvalue weighted by molar-refractivity contribution is 5.86. The Bertz CT molecular complexity index is 535. The summed E-state index contributed by atoms with van der Waals surface area (Å²) in [5.41, 5.74) is 15.2. The maximum absolute atomic E-state index is 5.71. The first-order valence-electron chi connectivity index (χ1n) is 4.77. The van der Waals surface area contributed by atoms with E-state index in [0.717, 1.165) is 0 Å². The number of nitrogens with two attached hydrogens (primary N) is 2. The van der Waals surface area contributed by atoms with Crippen molar-refractivity contribution in [1.29, 1.82) is 0 Å². The Labute approximate surface area is 93.3 Å². The third-order valence-electron chi connectivity index (χ3n) is 2.31. The van der Waals surface area contributed by atoms with Gasteiger partial charge in [0.15, 0.2) is 0 Å². The van der Waals surface area contributed by atoms with Crippen molar-refractivity contribution in [2.75, 3.05) is 11.5 Å². The van der Waals surface area contributed by atoms with Crippen LogP contribution in [0.1, 0.15) is 11.4 Å². The zero-order valence-electron chi connectivity index (χ0n) is 8.77. The van der Waals surface area contributed by atoms with Crippen molar-refractivity contribution < 1.29 is 0 Å². The van der Waals surface area contributed by atoms with Crippen LogP contribution in [0.5, 0.6) is 0 Å². The molecule has 0 atom stereocenters. The van der Waals surface area contributed by atoms with E-state index < -0.39 is 0 Å². The molecule has 0 bridgehead atoms. The fraction of sp³-hybridized carbons (Fsp3) is 0. The average molecular weight is 212 g/mol. The van der Waals surface area contributed by atoms with Crippen LogP contribution < -0.4 is 11.5 Å². The molecule has 0 radical (unpaired) electrons. The van der Waals surface area contributed by atoms with Crippen LogP contribution in [0.3, 0.4) is 0 Å². The number of rotatable bonds is 2. The van der Waals surface area contributed by atoms with Gasteiger partial charge in [-0.1, -0.05) is 13.2 Å². The number of aromatic nitrogens is 2. The lowest BCUT2D eigenvalue weighted by molar-refractivity contribution is 1.24. The summed E-state index contributed by atoms with van der Waals surface area (Å²) in [7, 11) is 0. The SMILES string of the molecule is C=Cc1nc2cc(N)c(N)cc2nc1C=C. The molecular weight excluding hydrogens is 200 g/mol. The molecule has 1 heterocycles. The maximum Gasteiger partial charge on any atom is 0.0916 e. The van der Waals surface area contributed by atoms with Gasteiger partial charge in [0.25, 0.3) is 0 Å². The Morgan fingerprint density at radius 3 is 1.56 bits per heavy atom. The number of nitrogens with zero attached hydrogens (tertiary/aromatic N) is 2. The van der Waals surface area contributed by atoms with Crippen molar-refractivity contribution in [3.63, 3.8) is 0 Å². The summed E-state index contributed by atoms with van der Waals surface area (Å²) in [5.74, 6) is 0. The zero-order chi connectivity index (χ0) is 11.7. The summed E-state index contributed by atoms with van der Waals surface area (Å²) < 4.78 is 0.